The summed E-state index contributed by atoms with van der Waals surface area (Å²) in [5, 5.41) is 3.77. The van der Waals surface area contributed by atoms with Crippen LogP contribution < -0.4 is 11.1 Å². The summed E-state index contributed by atoms with van der Waals surface area (Å²) in [6, 6.07) is 3.65. The number of anilines is 3. The maximum atomic E-state index is 13.3. The molecular formula is C16H15F3N6. The van der Waals surface area contributed by atoms with Crippen LogP contribution in [0.15, 0.2) is 24.5 Å². The number of nitrogens with two attached hydrogens (primary N) is 1. The Balaban J connectivity index is 1.73. The van der Waals surface area contributed by atoms with Gasteiger partial charge in [0.2, 0.25) is 5.95 Å². The van der Waals surface area contributed by atoms with E-state index in [1.165, 1.54) is 0 Å². The monoisotopic (exact) mass is 348 g/mol. The summed E-state index contributed by atoms with van der Waals surface area (Å²) in [6.45, 7) is 0. The molecule has 3 aromatic heterocycles. The molecular weight excluding hydrogens is 333 g/mol. The van der Waals surface area contributed by atoms with Gasteiger partial charge in [-0.3, -0.25) is 0 Å². The molecule has 0 unspecified atom stereocenters. The molecule has 0 aliphatic heterocycles. The molecule has 9 heteroatoms. The highest BCUT2D eigenvalue weighted by Gasteiger charge is 2.41. The molecule has 1 fully saturated rings. The SMILES string of the molecule is Nc1nc(Nc2cnc3[nH]ccc3c2)nc(C2CCC2)c1C(F)(F)F. The van der Waals surface area contributed by atoms with E-state index in [1.54, 1.807) is 18.5 Å². The number of hydrogen-bond donors (Lipinski definition) is 3. The quantitative estimate of drug-likeness (QED) is 0.666. The van der Waals surface area contributed by atoms with Crippen molar-refractivity contribution in [2.24, 2.45) is 0 Å². The fourth-order valence-electron chi connectivity index (χ4n) is 2.96. The Labute approximate surface area is 140 Å². The number of alkyl halides is 3. The summed E-state index contributed by atoms with van der Waals surface area (Å²) >= 11 is 0. The average molecular weight is 348 g/mol. The molecule has 130 valence electrons. The molecule has 0 atom stereocenters. The third kappa shape index (κ3) is 2.86. The van der Waals surface area contributed by atoms with Crippen LogP contribution in [0.1, 0.15) is 36.4 Å². The van der Waals surface area contributed by atoms with E-state index < -0.39 is 17.6 Å². The highest BCUT2D eigenvalue weighted by atomic mass is 19.4. The zero-order valence-corrected chi connectivity index (χ0v) is 13.1. The lowest BCUT2D eigenvalue weighted by Gasteiger charge is -2.28. The molecule has 0 saturated heterocycles. The molecule has 0 bridgehead atoms. The average Bonchev–Trinajstić information content (AvgIpc) is 2.91. The third-order valence-electron chi connectivity index (χ3n) is 4.40. The van der Waals surface area contributed by atoms with E-state index in [-0.39, 0.29) is 17.6 Å². The van der Waals surface area contributed by atoms with Gasteiger partial charge in [0, 0.05) is 17.5 Å². The van der Waals surface area contributed by atoms with E-state index in [0.717, 1.165) is 11.8 Å². The van der Waals surface area contributed by atoms with Crippen LogP contribution in [-0.2, 0) is 6.18 Å². The molecule has 0 spiro atoms. The molecule has 0 aromatic carbocycles. The Kier molecular flexibility index (Phi) is 3.52. The molecule has 25 heavy (non-hydrogen) atoms. The van der Waals surface area contributed by atoms with Gasteiger partial charge in [-0.1, -0.05) is 6.42 Å². The summed E-state index contributed by atoms with van der Waals surface area (Å²) < 4.78 is 40.0. The molecule has 4 N–H and O–H groups in total. The molecule has 3 heterocycles. The largest absolute Gasteiger partial charge is 0.421 e. The Morgan fingerprint density at radius 1 is 1.24 bits per heavy atom. The summed E-state index contributed by atoms with van der Waals surface area (Å²) in [7, 11) is 0. The first kappa shape index (κ1) is 15.7. The number of nitrogens with zero attached hydrogens (tertiary/aromatic N) is 3. The molecule has 3 aromatic rings. The first-order valence-corrected chi connectivity index (χ1v) is 7.86. The highest BCUT2D eigenvalue weighted by Crippen LogP contribution is 2.44. The topological polar surface area (TPSA) is 92.5 Å². The van der Waals surface area contributed by atoms with E-state index in [0.29, 0.717) is 24.2 Å². The normalized spacial score (nSPS) is 15.3. The predicted molar refractivity (Wildman–Crippen MR) is 87.4 cm³/mol. The zero-order chi connectivity index (χ0) is 17.6. The van der Waals surface area contributed by atoms with E-state index >= 15 is 0 Å². The number of aromatic nitrogens is 4. The van der Waals surface area contributed by atoms with Gasteiger partial charge in [0.25, 0.3) is 0 Å². The fraction of sp³-hybridized carbons (Fsp3) is 0.312. The van der Waals surface area contributed by atoms with Crippen LogP contribution in [0.5, 0.6) is 0 Å². The van der Waals surface area contributed by atoms with Gasteiger partial charge in [0.05, 0.1) is 17.6 Å². The van der Waals surface area contributed by atoms with Gasteiger partial charge in [-0.15, -0.1) is 0 Å². The number of rotatable bonds is 3. The Hall–Kier alpha value is -2.84. The lowest BCUT2D eigenvalue weighted by molar-refractivity contribution is -0.138. The smallest absolute Gasteiger partial charge is 0.383 e. The summed E-state index contributed by atoms with van der Waals surface area (Å²) in [4.78, 5) is 15.1. The number of nitrogen functional groups attached to an aromatic ring is 1. The Morgan fingerprint density at radius 3 is 2.72 bits per heavy atom. The first-order chi connectivity index (χ1) is 11.9. The van der Waals surface area contributed by atoms with Crippen molar-refractivity contribution in [3.8, 4) is 0 Å². The minimum atomic E-state index is -4.57. The molecule has 1 saturated carbocycles. The maximum absolute atomic E-state index is 13.3. The van der Waals surface area contributed by atoms with Crippen LogP contribution in [0.2, 0.25) is 0 Å². The van der Waals surface area contributed by atoms with Gasteiger partial charge in [-0.2, -0.15) is 18.2 Å². The molecule has 1 aliphatic carbocycles. The van der Waals surface area contributed by atoms with Crippen molar-refractivity contribution in [2.45, 2.75) is 31.4 Å². The van der Waals surface area contributed by atoms with Crippen molar-refractivity contribution < 1.29 is 13.2 Å². The van der Waals surface area contributed by atoms with Crippen molar-refractivity contribution in [1.29, 1.82) is 0 Å². The first-order valence-electron chi connectivity index (χ1n) is 7.86. The second-order valence-electron chi connectivity index (χ2n) is 6.08. The number of H-pyrrole nitrogens is 1. The van der Waals surface area contributed by atoms with Gasteiger partial charge >= 0.3 is 6.18 Å². The van der Waals surface area contributed by atoms with Crippen LogP contribution >= 0.6 is 0 Å². The zero-order valence-electron chi connectivity index (χ0n) is 13.1. The Morgan fingerprint density at radius 2 is 2.04 bits per heavy atom. The van der Waals surface area contributed by atoms with Crippen LogP contribution in [0.3, 0.4) is 0 Å². The Bertz CT molecular complexity index is 929. The van der Waals surface area contributed by atoms with Gasteiger partial charge in [0.15, 0.2) is 0 Å². The van der Waals surface area contributed by atoms with Crippen molar-refractivity contribution in [2.75, 3.05) is 11.1 Å². The third-order valence-corrected chi connectivity index (χ3v) is 4.40. The van der Waals surface area contributed by atoms with E-state index in [2.05, 4.69) is 25.3 Å². The molecule has 0 radical (unpaired) electrons. The molecule has 1 aliphatic rings. The van der Waals surface area contributed by atoms with Crippen LogP contribution in [0, 0.1) is 0 Å². The highest BCUT2D eigenvalue weighted by molar-refractivity contribution is 5.79. The van der Waals surface area contributed by atoms with E-state index in [4.69, 9.17) is 5.73 Å². The molecule has 0 amide bonds. The van der Waals surface area contributed by atoms with E-state index in [9.17, 15) is 13.2 Å². The number of aromatic amines is 1. The summed E-state index contributed by atoms with van der Waals surface area (Å²) in [5.41, 5.74) is 5.97. The predicted octanol–water partition coefficient (Wildman–Crippen LogP) is 3.97. The van der Waals surface area contributed by atoms with Gasteiger partial charge in [0.1, 0.15) is 17.0 Å². The molecule has 6 nitrogen and oxygen atoms in total. The molecule has 4 rings (SSSR count). The summed E-state index contributed by atoms with van der Waals surface area (Å²) in [6.07, 6.45) is 0.981. The number of hydrogen-bond acceptors (Lipinski definition) is 5. The maximum Gasteiger partial charge on any atom is 0.421 e. The van der Waals surface area contributed by atoms with E-state index in [1.807, 2.05) is 6.07 Å². The summed E-state index contributed by atoms with van der Waals surface area (Å²) in [5.74, 6) is -0.737. The number of nitrogens with one attached hydrogen (secondary N) is 2. The van der Waals surface area contributed by atoms with Crippen molar-refractivity contribution in [3.63, 3.8) is 0 Å². The van der Waals surface area contributed by atoms with Gasteiger partial charge in [-0.05, 0) is 25.0 Å². The fourth-order valence-corrected chi connectivity index (χ4v) is 2.96. The van der Waals surface area contributed by atoms with Gasteiger partial charge in [-0.25, -0.2) is 9.97 Å². The second-order valence-corrected chi connectivity index (χ2v) is 6.08. The lowest BCUT2D eigenvalue weighted by atomic mass is 9.81. The number of fused-ring (bicyclic) bond motifs is 1. The minimum absolute atomic E-state index is 0.0237. The minimum Gasteiger partial charge on any atom is -0.383 e. The van der Waals surface area contributed by atoms with Crippen LogP contribution in [0.4, 0.5) is 30.6 Å². The second kappa shape index (κ2) is 5.61. The number of pyridine rings is 1. The van der Waals surface area contributed by atoms with Crippen molar-refractivity contribution in [3.05, 3.63) is 35.8 Å². The van der Waals surface area contributed by atoms with Crippen molar-refractivity contribution in [1.82, 2.24) is 19.9 Å². The van der Waals surface area contributed by atoms with Crippen LogP contribution in [0.25, 0.3) is 11.0 Å². The lowest BCUT2D eigenvalue weighted by Crippen LogP contribution is -2.22. The number of halogens is 3. The van der Waals surface area contributed by atoms with Gasteiger partial charge < -0.3 is 16.0 Å². The van der Waals surface area contributed by atoms with Crippen LogP contribution in [-0.4, -0.2) is 19.9 Å². The van der Waals surface area contributed by atoms with Crippen molar-refractivity contribution >= 4 is 28.5 Å². The standard InChI is InChI=1S/C16H15F3N6/c17-16(18,19)11-12(8-2-1-3-8)24-15(25-13(11)20)23-10-6-9-4-5-21-14(9)22-7-10/h4-8H,1-3H2,(H,21,22)(H3,20,23,24,25).